The number of hydrogen-bond donors (Lipinski definition) is 0. The van der Waals surface area contributed by atoms with Gasteiger partial charge < -0.3 is 13.9 Å². The van der Waals surface area contributed by atoms with Crippen LogP contribution in [0.4, 0.5) is 4.79 Å². The van der Waals surface area contributed by atoms with E-state index < -0.39 is 38.1 Å². The van der Waals surface area contributed by atoms with E-state index in [9.17, 15) is 9.59 Å². The SMILES string of the molecule is COC(=O)C1C(O[Si](c2ccccc2)(c2ccccc2)C(C)(C)C)CCN1C(=O)OC(C)(C)C. The molecule has 0 radical (unpaired) electrons. The molecule has 1 heterocycles. The minimum absolute atomic E-state index is 0.254. The van der Waals surface area contributed by atoms with Gasteiger partial charge in [0, 0.05) is 6.54 Å². The number of likely N-dealkylation sites (tertiary alicyclic amines) is 1. The Morgan fingerprint density at radius 3 is 1.79 bits per heavy atom. The molecule has 1 aliphatic rings. The molecular weight excluding hydrogens is 446 g/mol. The summed E-state index contributed by atoms with van der Waals surface area (Å²) in [7, 11) is -1.57. The molecule has 1 amide bonds. The van der Waals surface area contributed by atoms with Crippen molar-refractivity contribution in [2.75, 3.05) is 13.7 Å². The van der Waals surface area contributed by atoms with Crippen molar-refractivity contribution in [3.8, 4) is 0 Å². The number of carbonyl (C=O) groups is 2. The number of methoxy groups -OCH3 is 1. The molecule has 0 spiro atoms. The zero-order valence-electron chi connectivity index (χ0n) is 21.3. The van der Waals surface area contributed by atoms with E-state index in [-0.39, 0.29) is 5.04 Å². The van der Waals surface area contributed by atoms with Crippen LogP contribution in [0.25, 0.3) is 0 Å². The molecule has 7 heteroatoms. The summed E-state index contributed by atoms with van der Waals surface area (Å²) in [6.45, 7) is 12.4. The summed E-state index contributed by atoms with van der Waals surface area (Å²) in [6, 6.07) is 19.6. The van der Waals surface area contributed by atoms with E-state index >= 15 is 0 Å². The molecule has 2 atom stereocenters. The van der Waals surface area contributed by atoms with E-state index in [0.717, 1.165) is 10.4 Å². The van der Waals surface area contributed by atoms with E-state index in [1.54, 1.807) is 0 Å². The van der Waals surface area contributed by atoms with Crippen molar-refractivity contribution in [3.05, 3.63) is 60.7 Å². The molecule has 1 fully saturated rings. The number of esters is 1. The van der Waals surface area contributed by atoms with Gasteiger partial charge in [0.2, 0.25) is 0 Å². The van der Waals surface area contributed by atoms with Gasteiger partial charge in [-0.25, -0.2) is 9.59 Å². The average molecular weight is 484 g/mol. The lowest BCUT2D eigenvalue weighted by molar-refractivity contribution is -0.148. The zero-order chi connectivity index (χ0) is 25.1. The average Bonchev–Trinajstić information content (AvgIpc) is 3.20. The van der Waals surface area contributed by atoms with Gasteiger partial charge in [-0.3, -0.25) is 4.90 Å². The van der Waals surface area contributed by atoms with Crippen molar-refractivity contribution in [3.63, 3.8) is 0 Å². The minimum Gasteiger partial charge on any atom is -0.467 e. The Balaban J connectivity index is 2.10. The molecule has 1 aliphatic heterocycles. The fourth-order valence-corrected chi connectivity index (χ4v) is 9.45. The summed E-state index contributed by atoms with van der Waals surface area (Å²) in [5.41, 5.74) is -0.672. The first kappa shape index (κ1) is 26.0. The van der Waals surface area contributed by atoms with Gasteiger partial charge in [0.1, 0.15) is 5.60 Å². The molecule has 0 N–H and O–H groups in total. The fraction of sp³-hybridized carbons (Fsp3) is 0.481. The molecule has 1 saturated heterocycles. The van der Waals surface area contributed by atoms with Crippen LogP contribution in [-0.4, -0.2) is 56.7 Å². The van der Waals surface area contributed by atoms with Crippen LogP contribution in [0.5, 0.6) is 0 Å². The van der Waals surface area contributed by atoms with Crippen LogP contribution in [0.1, 0.15) is 48.0 Å². The summed E-state index contributed by atoms with van der Waals surface area (Å²) in [5.74, 6) is -0.494. The van der Waals surface area contributed by atoms with Gasteiger partial charge in [-0.15, -0.1) is 0 Å². The van der Waals surface area contributed by atoms with Crippen molar-refractivity contribution >= 4 is 30.8 Å². The van der Waals surface area contributed by atoms with Crippen LogP contribution in [0.2, 0.25) is 5.04 Å². The van der Waals surface area contributed by atoms with Crippen LogP contribution < -0.4 is 10.4 Å². The van der Waals surface area contributed by atoms with Gasteiger partial charge in [0.05, 0.1) is 13.2 Å². The first-order chi connectivity index (χ1) is 15.9. The molecule has 0 saturated carbocycles. The molecular formula is C27H37NO5Si. The number of rotatable bonds is 5. The normalized spacial score (nSPS) is 19.1. The van der Waals surface area contributed by atoms with Gasteiger partial charge in [-0.1, -0.05) is 81.4 Å². The Hall–Kier alpha value is -2.64. The van der Waals surface area contributed by atoms with E-state index in [1.807, 2.05) is 57.2 Å². The molecule has 0 bridgehead atoms. The number of benzene rings is 2. The highest BCUT2D eigenvalue weighted by molar-refractivity contribution is 6.99. The molecule has 2 aromatic carbocycles. The third kappa shape index (κ3) is 5.20. The molecule has 2 unspecified atom stereocenters. The highest BCUT2D eigenvalue weighted by Gasteiger charge is 2.55. The Bertz CT molecular complexity index is 942. The van der Waals surface area contributed by atoms with Crippen molar-refractivity contribution in [2.45, 2.75) is 70.7 Å². The topological polar surface area (TPSA) is 65.1 Å². The van der Waals surface area contributed by atoms with Gasteiger partial charge in [-0.2, -0.15) is 0 Å². The number of amides is 1. The number of carbonyl (C=O) groups excluding carboxylic acids is 2. The summed E-state index contributed by atoms with van der Waals surface area (Å²) >= 11 is 0. The van der Waals surface area contributed by atoms with Gasteiger partial charge in [0.15, 0.2) is 6.04 Å². The van der Waals surface area contributed by atoms with Crippen molar-refractivity contribution < 1.29 is 23.5 Å². The van der Waals surface area contributed by atoms with Crippen molar-refractivity contribution in [1.29, 1.82) is 0 Å². The predicted octanol–water partition coefficient (Wildman–Crippen LogP) is 4.11. The molecule has 3 rings (SSSR count). The second-order valence-electron chi connectivity index (χ2n) is 10.7. The number of ether oxygens (including phenoxy) is 2. The molecule has 6 nitrogen and oxygen atoms in total. The summed E-state index contributed by atoms with van der Waals surface area (Å²) in [5, 5.41) is 1.98. The van der Waals surface area contributed by atoms with Crippen molar-refractivity contribution in [1.82, 2.24) is 4.90 Å². The molecule has 0 aromatic heterocycles. The first-order valence-corrected chi connectivity index (χ1v) is 13.7. The predicted molar refractivity (Wildman–Crippen MR) is 136 cm³/mol. The van der Waals surface area contributed by atoms with Crippen LogP contribution >= 0.6 is 0 Å². The quantitative estimate of drug-likeness (QED) is 0.473. The number of nitrogens with zero attached hydrogens (tertiary/aromatic N) is 1. The Morgan fingerprint density at radius 1 is 0.882 bits per heavy atom. The van der Waals surface area contributed by atoms with Gasteiger partial charge >= 0.3 is 12.1 Å². The summed E-state index contributed by atoms with van der Waals surface area (Å²) in [6.07, 6.45) is -0.536. The zero-order valence-corrected chi connectivity index (χ0v) is 22.3. The smallest absolute Gasteiger partial charge is 0.411 e. The summed E-state index contributed by atoms with van der Waals surface area (Å²) < 4.78 is 17.9. The Morgan fingerprint density at radius 2 is 1.38 bits per heavy atom. The highest BCUT2D eigenvalue weighted by atomic mass is 28.4. The van der Waals surface area contributed by atoms with Crippen LogP contribution in [0.3, 0.4) is 0 Å². The van der Waals surface area contributed by atoms with E-state index in [0.29, 0.717) is 13.0 Å². The molecule has 2 aromatic rings. The Kier molecular flexibility index (Phi) is 7.58. The molecule has 0 aliphatic carbocycles. The maximum absolute atomic E-state index is 13.0. The third-order valence-corrected chi connectivity index (χ3v) is 11.2. The number of hydrogen-bond acceptors (Lipinski definition) is 5. The van der Waals surface area contributed by atoms with E-state index in [1.165, 1.54) is 12.0 Å². The van der Waals surface area contributed by atoms with Crippen LogP contribution in [0.15, 0.2) is 60.7 Å². The second kappa shape index (κ2) is 9.92. The van der Waals surface area contributed by atoms with Gasteiger partial charge in [0.25, 0.3) is 8.32 Å². The largest absolute Gasteiger partial charge is 0.467 e. The lowest BCUT2D eigenvalue weighted by atomic mass is 10.2. The summed E-state index contributed by atoms with van der Waals surface area (Å²) in [4.78, 5) is 27.4. The third-order valence-electron chi connectivity index (χ3n) is 6.16. The fourth-order valence-electron chi connectivity index (χ4n) is 4.73. The molecule has 34 heavy (non-hydrogen) atoms. The molecule has 184 valence electrons. The van der Waals surface area contributed by atoms with E-state index in [2.05, 4.69) is 45.0 Å². The maximum Gasteiger partial charge on any atom is 0.411 e. The second-order valence-corrected chi connectivity index (χ2v) is 15.0. The standard InChI is InChI=1S/C27H37NO5Si/c1-26(2,3)32-25(30)28-19-18-22(23(28)24(29)31-7)33-34(27(4,5)6,20-14-10-8-11-15-20)21-16-12-9-13-17-21/h8-17,22-23H,18-19H2,1-7H3. The van der Waals surface area contributed by atoms with Crippen molar-refractivity contribution in [2.24, 2.45) is 0 Å². The van der Waals surface area contributed by atoms with Crippen LogP contribution in [0, 0.1) is 0 Å². The highest BCUT2D eigenvalue weighted by Crippen LogP contribution is 2.39. The van der Waals surface area contributed by atoms with Gasteiger partial charge in [-0.05, 0) is 42.6 Å². The monoisotopic (exact) mass is 483 g/mol. The van der Waals surface area contributed by atoms with E-state index in [4.69, 9.17) is 13.9 Å². The Labute approximate surface area is 204 Å². The van der Waals surface area contributed by atoms with Crippen LogP contribution in [-0.2, 0) is 18.7 Å². The lowest BCUT2D eigenvalue weighted by Gasteiger charge is -2.45. The lowest BCUT2D eigenvalue weighted by Crippen LogP contribution is -2.68. The first-order valence-electron chi connectivity index (χ1n) is 11.8. The maximum atomic E-state index is 13.0. The minimum atomic E-state index is -2.91.